The minimum atomic E-state index is -0.927. The van der Waals surface area contributed by atoms with Gasteiger partial charge in [0, 0.05) is 5.92 Å². The average Bonchev–Trinajstić information content (AvgIpc) is 3.27. The Morgan fingerprint density at radius 2 is 1.50 bits per heavy atom. The van der Waals surface area contributed by atoms with Gasteiger partial charge in [0.1, 0.15) is 6.61 Å². The average molecular weight is 399 g/mol. The Bertz CT molecular complexity index is 1090. The lowest BCUT2D eigenvalue weighted by Crippen LogP contribution is -2.40. The molecule has 5 rings (SSSR count). The highest BCUT2D eigenvalue weighted by Gasteiger charge is 2.37. The van der Waals surface area contributed by atoms with E-state index in [4.69, 9.17) is 4.74 Å². The number of carboxylic acids is 1. The van der Waals surface area contributed by atoms with Crippen LogP contribution in [-0.2, 0) is 16.0 Å². The lowest BCUT2D eigenvalue weighted by Gasteiger charge is -2.25. The Balaban J connectivity index is 1.40. The highest BCUT2D eigenvalue weighted by Crippen LogP contribution is 2.44. The minimum Gasteiger partial charge on any atom is -0.481 e. The zero-order chi connectivity index (χ0) is 20.7. The number of para-hydroxylation sites is 1. The maximum atomic E-state index is 13.1. The maximum absolute atomic E-state index is 13.1. The Hall–Kier alpha value is -3.60. The van der Waals surface area contributed by atoms with E-state index < -0.39 is 18.1 Å². The van der Waals surface area contributed by atoms with Crippen molar-refractivity contribution in [1.82, 2.24) is 0 Å². The molecular weight excluding hydrogens is 378 g/mol. The Labute approximate surface area is 174 Å². The molecule has 30 heavy (non-hydrogen) atoms. The molecule has 0 fully saturated rings. The van der Waals surface area contributed by atoms with E-state index in [0.29, 0.717) is 6.42 Å². The van der Waals surface area contributed by atoms with E-state index >= 15 is 0 Å². The highest BCUT2D eigenvalue weighted by molar-refractivity contribution is 5.92. The first kappa shape index (κ1) is 18.4. The fourth-order valence-electron chi connectivity index (χ4n) is 4.74. The number of carboxylic acid groups (broad SMARTS) is 1. The zero-order valence-electron chi connectivity index (χ0n) is 16.3. The Morgan fingerprint density at radius 1 is 0.900 bits per heavy atom. The van der Waals surface area contributed by atoms with Crippen LogP contribution in [0.25, 0.3) is 11.1 Å². The summed E-state index contributed by atoms with van der Waals surface area (Å²) in [5.74, 6) is -0.957. The molecule has 150 valence electrons. The quantitative estimate of drug-likeness (QED) is 0.682. The molecule has 1 heterocycles. The van der Waals surface area contributed by atoms with Gasteiger partial charge in [0.2, 0.25) is 0 Å². The van der Waals surface area contributed by atoms with Gasteiger partial charge in [0.15, 0.2) is 0 Å². The molecule has 1 atom stereocenters. The molecule has 1 amide bonds. The molecule has 5 nitrogen and oxygen atoms in total. The number of rotatable bonds is 4. The van der Waals surface area contributed by atoms with Crippen molar-refractivity contribution in [2.75, 3.05) is 11.5 Å². The number of nitrogens with zero attached hydrogens (tertiary/aromatic N) is 1. The van der Waals surface area contributed by atoms with Crippen LogP contribution in [0.15, 0.2) is 72.8 Å². The van der Waals surface area contributed by atoms with Gasteiger partial charge in [-0.1, -0.05) is 66.7 Å². The van der Waals surface area contributed by atoms with Gasteiger partial charge in [-0.15, -0.1) is 0 Å². The van der Waals surface area contributed by atoms with Crippen LogP contribution in [0.5, 0.6) is 0 Å². The summed E-state index contributed by atoms with van der Waals surface area (Å²) < 4.78 is 5.79. The number of fused-ring (bicyclic) bond motifs is 4. The standard InChI is InChI=1S/C25H21NO4/c27-24(28)14-17-13-16-7-1-6-12-23(16)26(17)25(29)30-15-22-20-10-4-2-8-18(20)19-9-3-5-11-21(19)22/h1-12,17,22H,13-15H2,(H,27,28). The van der Waals surface area contributed by atoms with Crippen LogP contribution in [0.4, 0.5) is 10.5 Å². The van der Waals surface area contributed by atoms with Crippen molar-refractivity contribution in [3.05, 3.63) is 89.5 Å². The third kappa shape index (κ3) is 3.03. The van der Waals surface area contributed by atoms with Crippen molar-refractivity contribution in [1.29, 1.82) is 0 Å². The number of hydrogen-bond acceptors (Lipinski definition) is 3. The first-order valence-corrected chi connectivity index (χ1v) is 10.1. The van der Waals surface area contributed by atoms with Gasteiger partial charge in [-0.3, -0.25) is 9.69 Å². The molecule has 2 aliphatic rings. The van der Waals surface area contributed by atoms with Crippen LogP contribution in [-0.4, -0.2) is 29.8 Å². The van der Waals surface area contributed by atoms with Crippen LogP contribution >= 0.6 is 0 Å². The summed E-state index contributed by atoms with van der Waals surface area (Å²) in [5.41, 5.74) is 6.35. The fourth-order valence-corrected chi connectivity index (χ4v) is 4.74. The summed E-state index contributed by atoms with van der Waals surface area (Å²) in [6.07, 6.45) is -0.0843. The number of ether oxygens (including phenoxy) is 1. The first-order chi connectivity index (χ1) is 14.6. The van der Waals surface area contributed by atoms with E-state index in [9.17, 15) is 14.7 Å². The molecule has 1 unspecified atom stereocenters. The second-order valence-electron chi connectivity index (χ2n) is 7.76. The van der Waals surface area contributed by atoms with Gasteiger partial charge in [-0.05, 0) is 40.3 Å². The molecule has 3 aromatic rings. The minimum absolute atomic E-state index is 0.0304. The molecule has 0 saturated carbocycles. The van der Waals surface area contributed by atoms with Gasteiger partial charge < -0.3 is 9.84 Å². The van der Waals surface area contributed by atoms with Crippen molar-refractivity contribution in [2.45, 2.75) is 24.8 Å². The number of hydrogen-bond donors (Lipinski definition) is 1. The number of benzene rings is 3. The van der Waals surface area contributed by atoms with Gasteiger partial charge in [0.05, 0.1) is 18.2 Å². The van der Waals surface area contributed by atoms with Crippen LogP contribution in [0.2, 0.25) is 0 Å². The second kappa shape index (κ2) is 7.34. The number of anilines is 1. The van der Waals surface area contributed by atoms with E-state index in [2.05, 4.69) is 24.3 Å². The van der Waals surface area contributed by atoms with Crippen molar-refractivity contribution in [3.8, 4) is 11.1 Å². The monoisotopic (exact) mass is 399 g/mol. The summed E-state index contributed by atoms with van der Waals surface area (Å²) in [6, 6.07) is 23.5. The summed E-state index contributed by atoms with van der Waals surface area (Å²) in [5, 5.41) is 9.29. The van der Waals surface area contributed by atoms with Gasteiger partial charge in [0.25, 0.3) is 0 Å². The molecule has 0 saturated heterocycles. The first-order valence-electron chi connectivity index (χ1n) is 10.1. The van der Waals surface area contributed by atoms with Gasteiger partial charge >= 0.3 is 12.1 Å². The fraction of sp³-hybridized carbons (Fsp3) is 0.200. The maximum Gasteiger partial charge on any atom is 0.414 e. The van der Waals surface area contributed by atoms with Crippen molar-refractivity contribution >= 4 is 17.7 Å². The van der Waals surface area contributed by atoms with Crippen LogP contribution in [0.1, 0.15) is 29.0 Å². The number of aliphatic carboxylic acids is 1. The SMILES string of the molecule is O=C(O)CC1Cc2ccccc2N1C(=O)OCC1c2ccccc2-c2ccccc21. The molecule has 5 heteroatoms. The van der Waals surface area contributed by atoms with Gasteiger partial charge in [-0.25, -0.2) is 4.79 Å². The highest BCUT2D eigenvalue weighted by atomic mass is 16.6. The van der Waals surface area contributed by atoms with Crippen LogP contribution < -0.4 is 4.90 Å². The van der Waals surface area contributed by atoms with Crippen LogP contribution in [0.3, 0.4) is 0 Å². The summed E-state index contributed by atoms with van der Waals surface area (Å²) in [4.78, 5) is 25.9. The predicted molar refractivity (Wildman–Crippen MR) is 114 cm³/mol. The normalized spacial score (nSPS) is 16.7. The van der Waals surface area contributed by atoms with E-state index in [-0.39, 0.29) is 18.9 Å². The molecule has 0 spiro atoms. The molecule has 1 N–H and O–H groups in total. The van der Waals surface area contributed by atoms with Gasteiger partial charge in [-0.2, -0.15) is 0 Å². The van der Waals surface area contributed by atoms with E-state index in [1.54, 1.807) is 0 Å². The number of carbonyl (C=O) groups is 2. The molecule has 0 bridgehead atoms. The smallest absolute Gasteiger partial charge is 0.414 e. The Kier molecular flexibility index (Phi) is 4.51. The molecule has 3 aromatic carbocycles. The van der Waals surface area contributed by atoms with E-state index in [1.807, 2.05) is 48.5 Å². The third-order valence-electron chi connectivity index (χ3n) is 6.01. The summed E-state index contributed by atoms with van der Waals surface area (Å²) >= 11 is 0. The largest absolute Gasteiger partial charge is 0.481 e. The molecule has 0 aromatic heterocycles. The Morgan fingerprint density at radius 3 is 2.17 bits per heavy atom. The van der Waals surface area contributed by atoms with Crippen LogP contribution in [0, 0.1) is 0 Å². The van der Waals surface area contributed by atoms with E-state index in [0.717, 1.165) is 22.4 Å². The predicted octanol–water partition coefficient (Wildman–Crippen LogP) is 4.84. The van der Waals surface area contributed by atoms with E-state index in [1.165, 1.54) is 16.0 Å². The van der Waals surface area contributed by atoms with Crippen molar-refractivity contribution < 1.29 is 19.4 Å². The summed E-state index contributed by atoms with van der Waals surface area (Å²) in [6.45, 7) is 0.214. The van der Waals surface area contributed by atoms with Crippen molar-refractivity contribution in [2.24, 2.45) is 0 Å². The molecule has 1 aliphatic carbocycles. The zero-order valence-corrected chi connectivity index (χ0v) is 16.3. The molecule has 0 radical (unpaired) electrons. The molecule has 1 aliphatic heterocycles. The summed E-state index contributed by atoms with van der Waals surface area (Å²) in [7, 11) is 0. The lowest BCUT2D eigenvalue weighted by atomic mass is 9.98. The topological polar surface area (TPSA) is 66.8 Å². The number of amides is 1. The third-order valence-corrected chi connectivity index (χ3v) is 6.01. The molecular formula is C25H21NO4. The second-order valence-corrected chi connectivity index (χ2v) is 7.76. The van der Waals surface area contributed by atoms with Crippen molar-refractivity contribution in [3.63, 3.8) is 0 Å². The number of carbonyl (C=O) groups excluding carboxylic acids is 1. The lowest BCUT2D eigenvalue weighted by molar-refractivity contribution is -0.137.